The Morgan fingerprint density at radius 1 is 1.14 bits per heavy atom. The van der Waals surface area contributed by atoms with Gasteiger partial charge >= 0.3 is 0 Å². The summed E-state index contributed by atoms with van der Waals surface area (Å²) in [7, 11) is 0. The minimum absolute atomic E-state index is 0.138. The van der Waals surface area contributed by atoms with Gasteiger partial charge in [0, 0.05) is 11.1 Å². The van der Waals surface area contributed by atoms with Gasteiger partial charge in [0.15, 0.2) is 0 Å². The lowest BCUT2D eigenvalue weighted by atomic mass is 10.1. The number of carbonyl (C=O) groups excluding carboxylic acids is 1. The molecule has 0 aliphatic rings. The Labute approximate surface area is 127 Å². The molecule has 0 radical (unpaired) electrons. The Morgan fingerprint density at radius 2 is 1.86 bits per heavy atom. The molecule has 0 saturated carbocycles. The largest absolute Gasteiger partial charge is 0.438 e. The van der Waals surface area contributed by atoms with Gasteiger partial charge in [-0.05, 0) is 36.2 Å². The van der Waals surface area contributed by atoms with Crippen molar-refractivity contribution < 1.29 is 9.21 Å². The topological polar surface area (TPSA) is 66.1 Å². The number of nitrogens with one attached hydrogen (secondary N) is 2. The number of hydrogen-bond donors (Lipinski definition) is 2. The summed E-state index contributed by atoms with van der Waals surface area (Å²) in [6.07, 6.45) is 0.953. The summed E-state index contributed by atoms with van der Waals surface area (Å²) >= 11 is 0. The Hall–Kier alpha value is -2.88. The van der Waals surface area contributed by atoms with Gasteiger partial charge in [-0.25, -0.2) is 0 Å². The highest BCUT2D eigenvalue weighted by atomic mass is 16.3. The van der Waals surface area contributed by atoms with Gasteiger partial charge in [0.2, 0.25) is 5.55 Å². The van der Waals surface area contributed by atoms with Crippen LogP contribution in [0.25, 0.3) is 11.0 Å². The van der Waals surface area contributed by atoms with Gasteiger partial charge in [-0.3, -0.25) is 10.2 Å². The van der Waals surface area contributed by atoms with Crippen LogP contribution in [0.5, 0.6) is 0 Å². The van der Waals surface area contributed by atoms with Crippen molar-refractivity contribution in [1.82, 2.24) is 0 Å². The SMILES string of the molecule is CCc1ccc(NC(=O)c2cc3ccccc3oc2=N)cc1. The number of aryl methyl sites for hydroxylation is 1. The van der Waals surface area contributed by atoms with Crippen molar-refractivity contribution in [3.63, 3.8) is 0 Å². The smallest absolute Gasteiger partial charge is 0.261 e. The first kappa shape index (κ1) is 14.1. The summed E-state index contributed by atoms with van der Waals surface area (Å²) in [6.45, 7) is 2.08. The van der Waals surface area contributed by atoms with Crippen LogP contribution < -0.4 is 10.9 Å². The highest BCUT2D eigenvalue weighted by molar-refractivity contribution is 6.05. The fourth-order valence-corrected chi connectivity index (χ4v) is 2.27. The number of rotatable bonds is 3. The lowest BCUT2D eigenvalue weighted by molar-refractivity contribution is 0.102. The number of carbonyl (C=O) groups is 1. The van der Waals surface area contributed by atoms with E-state index >= 15 is 0 Å². The number of amides is 1. The Balaban J connectivity index is 1.91. The van der Waals surface area contributed by atoms with Gasteiger partial charge in [-0.2, -0.15) is 0 Å². The molecule has 0 fully saturated rings. The zero-order valence-corrected chi connectivity index (χ0v) is 12.2. The lowest BCUT2D eigenvalue weighted by Crippen LogP contribution is -2.20. The maximum atomic E-state index is 12.3. The summed E-state index contributed by atoms with van der Waals surface area (Å²) in [4.78, 5) is 12.3. The molecule has 0 saturated heterocycles. The molecule has 22 heavy (non-hydrogen) atoms. The molecule has 1 aromatic heterocycles. The number of benzene rings is 2. The van der Waals surface area contributed by atoms with Crippen molar-refractivity contribution in [2.75, 3.05) is 5.32 Å². The van der Waals surface area contributed by atoms with E-state index in [1.54, 1.807) is 12.1 Å². The molecule has 0 atom stereocenters. The van der Waals surface area contributed by atoms with E-state index < -0.39 is 0 Å². The molecule has 1 heterocycles. The Morgan fingerprint density at radius 3 is 2.59 bits per heavy atom. The standard InChI is InChI=1S/C18H16N2O2/c1-2-12-7-9-14(10-8-12)20-18(21)15-11-13-5-3-4-6-16(13)22-17(15)19/h3-11,19H,2H2,1H3,(H,20,21). The molecule has 4 heteroatoms. The van der Waals surface area contributed by atoms with E-state index in [0.717, 1.165) is 11.8 Å². The van der Waals surface area contributed by atoms with Crippen LogP contribution in [0.15, 0.2) is 59.0 Å². The Kier molecular flexibility index (Phi) is 3.74. The molecule has 110 valence electrons. The van der Waals surface area contributed by atoms with Crippen LogP contribution >= 0.6 is 0 Å². The molecular weight excluding hydrogens is 276 g/mol. The third kappa shape index (κ3) is 2.76. The third-order valence-electron chi connectivity index (χ3n) is 3.54. The molecule has 3 aromatic rings. The van der Waals surface area contributed by atoms with E-state index in [-0.39, 0.29) is 17.0 Å². The molecule has 2 aromatic carbocycles. The highest BCUT2D eigenvalue weighted by Gasteiger charge is 2.11. The summed E-state index contributed by atoms with van der Waals surface area (Å²) in [5.74, 6) is -0.344. The second-order valence-electron chi connectivity index (χ2n) is 5.03. The van der Waals surface area contributed by atoms with Crippen LogP contribution in [-0.2, 0) is 6.42 Å². The average molecular weight is 292 g/mol. The summed E-state index contributed by atoms with van der Waals surface area (Å²) in [5.41, 5.74) is 2.59. The first-order valence-electron chi connectivity index (χ1n) is 7.15. The molecule has 0 bridgehead atoms. The van der Waals surface area contributed by atoms with E-state index in [9.17, 15) is 4.79 Å². The van der Waals surface area contributed by atoms with Crippen molar-refractivity contribution in [2.24, 2.45) is 0 Å². The Bertz CT molecular complexity index is 879. The molecule has 0 unspecified atom stereocenters. The van der Waals surface area contributed by atoms with E-state index in [4.69, 9.17) is 9.83 Å². The maximum absolute atomic E-state index is 12.3. The predicted molar refractivity (Wildman–Crippen MR) is 85.8 cm³/mol. The highest BCUT2D eigenvalue weighted by Crippen LogP contribution is 2.15. The number of para-hydroxylation sites is 1. The van der Waals surface area contributed by atoms with Gasteiger partial charge < -0.3 is 9.73 Å². The zero-order valence-electron chi connectivity index (χ0n) is 12.2. The lowest BCUT2D eigenvalue weighted by Gasteiger charge is -2.07. The van der Waals surface area contributed by atoms with E-state index in [1.807, 2.05) is 42.5 Å². The molecule has 0 aliphatic heterocycles. The van der Waals surface area contributed by atoms with Crippen molar-refractivity contribution >= 4 is 22.6 Å². The monoisotopic (exact) mass is 292 g/mol. The van der Waals surface area contributed by atoms with E-state index in [1.165, 1.54) is 5.56 Å². The molecule has 3 rings (SSSR count). The van der Waals surface area contributed by atoms with Crippen molar-refractivity contribution in [2.45, 2.75) is 13.3 Å². The van der Waals surface area contributed by atoms with E-state index in [2.05, 4.69) is 12.2 Å². The van der Waals surface area contributed by atoms with Crippen LogP contribution in [0.2, 0.25) is 0 Å². The first-order valence-corrected chi connectivity index (χ1v) is 7.15. The zero-order chi connectivity index (χ0) is 15.5. The van der Waals surface area contributed by atoms with Gasteiger partial charge in [-0.15, -0.1) is 0 Å². The van der Waals surface area contributed by atoms with Crippen LogP contribution in [0.4, 0.5) is 5.69 Å². The maximum Gasteiger partial charge on any atom is 0.261 e. The van der Waals surface area contributed by atoms with Crippen LogP contribution in [-0.4, -0.2) is 5.91 Å². The van der Waals surface area contributed by atoms with Crippen LogP contribution in [0.1, 0.15) is 22.8 Å². The molecule has 4 nitrogen and oxygen atoms in total. The van der Waals surface area contributed by atoms with Crippen molar-refractivity contribution in [3.05, 3.63) is 71.3 Å². The quantitative estimate of drug-likeness (QED) is 0.772. The third-order valence-corrected chi connectivity index (χ3v) is 3.54. The number of anilines is 1. The second kappa shape index (κ2) is 5.85. The van der Waals surface area contributed by atoms with E-state index in [0.29, 0.717) is 11.3 Å². The molecule has 2 N–H and O–H groups in total. The second-order valence-corrected chi connectivity index (χ2v) is 5.03. The average Bonchev–Trinajstić information content (AvgIpc) is 2.54. The minimum atomic E-state index is -0.344. The molecular formula is C18H16N2O2. The molecule has 0 spiro atoms. The summed E-state index contributed by atoms with van der Waals surface area (Å²) < 4.78 is 5.39. The van der Waals surface area contributed by atoms with Crippen molar-refractivity contribution in [3.8, 4) is 0 Å². The van der Waals surface area contributed by atoms with Gasteiger partial charge in [0.05, 0.1) is 0 Å². The molecule has 0 aliphatic carbocycles. The normalized spacial score (nSPS) is 10.6. The van der Waals surface area contributed by atoms with Crippen LogP contribution in [0, 0.1) is 5.41 Å². The minimum Gasteiger partial charge on any atom is -0.438 e. The fourth-order valence-electron chi connectivity index (χ4n) is 2.27. The molecule has 1 amide bonds. The van der Waals surface area contributed by atoms with Crippen LogP contribution in [0.3, 0.4) is 0 Å². The summed E-state index contributed by atoms with van der Waals surface area (Å²) in [6, 6.07) is 16.7. The predicted octanol–water partition coefficient (Wildman–Crippen LogP) is 3.73. The first-order chi connectivity index (χ1) is 10.7. The fraction of sp³-hybridized carbons (Fsp3) is 0.111. The van der Waals surface area contributed by atoms with Gasteiger partial charge in [-0.1, -0.05) is 37.3 Å². The van der Waals surface area contributed by atoms with Gasteiger partial charge in [0.1, 0.15) is 11.1 Å². The van der Waals surface area contributed by atoms with Gasteiger partial charge in [0.25, 0.3) is 5.91 Å². The number of fused-ring (bicyclic) bond motifs is 1. The number of hydrogen-bond acceptors (Lipinski definition) is 3. The summed E-state index contributed by atoms with van der Waals surface area (Å²) in [5, 5.41) is 11.5. The van der Waals surface area contributed by atoms with Crippen molar-refractivity contribution in [1.29, 1.82) is 5.41 Å².